The first-order valence-corrected chi connectivity index (χ1v) is 5.69. The SMILES string of the molecule is CN1CCOC(C(NN)c2cccnc2N)C1. The molecule has 2 unspecified atom stereocenters. The van der Waals surface area contributed by atoms with Crippen LogP contribution in [0.4, 0.5) is 5.82 Å². The van der Waals surface area contributed by atoms with E-state index < -0.39 is 0 Å². The van der Waals surface area contributed by atoms with Crippen molar-refractivity contribution in [3.05, 3.63) is 23.9 Å². The average molecular weight is 237 g/mol. The second-order valence-electron chi connectivity index (χ2n) is 4.29. The minimum absolute atomic E-state index is 0.00903. The molecule has 0 bridgehead atoms. The number of ether oxygens (including phenoxy) is 1. The number of hydrogen-bond donors (Lipinski definition) is 3. The van der Waals surface area contributed by atoms with Gasteiger partial charge in [-0.2, -0.15) is 0 Å². The molecule has 1 aliphatic rings. The lowest BCUT2D eigenvalue weighted by Crippen LogP contribution is -2.48. The first-order valence-electron chi connectivity index (χ1n) is 5.69. The molecule has 1 aromatic rings. The standard InChI is InChI=1S/C11H19N5O/c1-16-5-6-17-9(7-16)10(15-13)8-3-2-4-14-11(8)12/h2-4,9-10,15H,5-7,13H2,1H3,(H2,12,14). The summed E-state index contributed by atoms with van der Waals surface area (Å²) in [5.74, 6) is 6.11. The van der Waals surface area contributed by atoms with Crippen LogP contribution in [0.5, 0.6) is 0 Å². The summed E-state index contributed by atoms with van der Waals surface area (Å²) in [5, 5.41) is 0. The molecule has 6 nitrogen and oxygen atoms in total. The first-order chi connectivity index (χ1) is 8.22. The third-order valence-corrected chi connectivity index (χ3v) is 3.05. The topological polar surface area (TPSA) is 89.4 Å². The van der Waals surface area contributed by atoms with E-state index in [0.29, 0.717) is 12.4 Å². The number of morpholine rings is 1. The molecule has 1 fully saturated rings. The highest BCUT2D eigenvalue weighted by Gasteiger charge is 2.28. The summed E-state index contributed by atoms with van der Waals surface area (Å²) in [6, 6.07) is 3.64. The summed E-state index contributed by atoms with van der Waals surface area (Å²) in [4.78, 5) is 6.29. The summed E-state index contributed by atoms with van der Waals surface area (Å²) in [5.41, 5.74) is 9.52. The molecule has 0 saturated carbocycles. The minimum Gasteiger partial charge on any atom is -0.383 e. The van der Waals surface area contributed by atoms with Crippen molar-refractivity contribution in [2.75, 3.05) is 32.5 Å². The summed E-state index contributed by atoms with van der Waals surface area (Å²) >= 11 is 0. The largest absolute Gasteiger partial charge is 0.383 e. The Morgan fingerprint density at radius 1 is 1.65 bits per heavy atom. The molecule has 1 saturated heterocycles. The Morgan fingerprint density at radius 3 is 3.12 bits per heavy atom. The van der Waals surface area contributed by atoms with E-state index in [-0.39, 0.29) is 12.1 Å². The van der Waals surface area contributed by atoms with Gasteiger partial charge in [-0.1, -0.05) is 6.07 Å². The molecule has 2 heterocycles. The minimum atomic E-state index is -0.133. The lowest BCUT2D eigenvalue weighted by atomic mass is 10.0. The zero-order chi connectivity index (χ0) is 12.3. The van der Waals surface area contributed by atoms with Gasteiger partial charge >= 0.3 is 0 Å². The lowest BCUT2D eigenvalue weighted by molar-refractivity contribution is -0.0392. The molecule has 94 valence electrons. The van der Waals surface area contributed by atoms with Crippen molar-refractivity contribution in [1.29, 1.82) is 0 Å². The summed E-state index contributed by atoms with van der Waals surface area (Å²) < 4.78 is 5.74. The molecule has 1 aliphatic heterocycles. The quantitative estimate of drug-likeness (QED) is 0.485. The number of aromatic nitrogens is 1. The lowest BCUT2D eigenvalue weighted by Gasteiger charge is -2.35. The molecular weight excluding hydrogens is 218 g/mol. The van der Waals surface area contributed by atoms with Crippen molar-refractivity contribution in [2.45, 2.75) is 12.1 Å². The van der Waals surface area contributed by atoms with Crippen LogP contribution in [0.15, 0.2) is 18.3 Å². The van der Waals surface area contributed by atoms with Gasteiger partial charge in [0.15, 0.2) is 0 Å². The van der Waals surface area contributed by atoms with Crippen LogP contribution in [-0.4, -0.2) is 42.7 Å². The van der Waals surface area contributed by atoms with Crippen LogP contribution in [0.3, 0.4) is 0 Å². The van der Waals surface area contributed by atoms with Crippen LogP contribution in [0.25, 0.3) is 0 Å². The van der Waals surface area contributed by atoms with Gasteiger partial charge in [-0.15, -0.1) is 0 Å². The van der Waals surface area contributed by atoms with E-state index in [1.54, 1.807) is 6.20 Å². The van der Waals surface area contributed by atoms with E-state index >= 15 is 0 Å². The van der Waals surface area contributed by atoms with Gasteiger partial charge in [0.2, 0.25) is 0 Å². The average Bonchev–Trinajstić information content (AvgIpc) is 2.33. The Kier molecular flexibility index (Phi) is 3.90. The Labute approximate surface area is 101 Å². The zero-order valence-electron chi connectivity index (χ0n) is 9.97. The molecular formula is C11H19N5O. The molecule has 0 aliphatic carbocycles. The van der Waals surface area contributed by atoms with E-state index in [0.717, 1.165) is 18.7 Å². The number of rotatable bonds is 3. The monoisotopic (exact) mass is 237 g/mol. The van der Waals surface area contributed by atoms with Crippen LogP contribution < -0.4 is 17.0 Å². The number of hydrogen-bond acceptors (Lipinski definition) is 6. The molecule has 2 rings (SSSR count). The molecule has 2 atom stereocenters. The number of anilines is 1. The van der Waals surface area contributed by atoms with Crippen molar-refractivity contribution < 1.29 is 4.74 Å². The maximum absolute atomic E-state index is 5.86. The second-order valence-corrected chi connectivity index (χ2v) is 4.29. The van der Waals surface area contributed by atoms with E-state index in [2.05, 4.69) is 22.4 Å². The predicted molar refractivity (Wildman–Crippen MR) is 66.0 cm³/mol. The van der Waals surface area contributed by atoms with Crippen LogP contribution in [0, 0.1) is 0 Å². The molecule has 0 amide bonds. The van der Waals surface area contributed by atoms with Crippen molar-refractivity contribution in [1.82, 2.24) is 15.3 Å². The van der Waals surface area contributed by atoms with E-state index in [1.165, 1.54) is 0 Å². The number of nitrogens with zero attached hydrogens (tertiary/aromatic N) is 2. The van der Waals surface area contributed by atoms with Gasteiger partial charge in [-0.3, -0.25) is 11.3 Å². The molecule has 0 aromatic carbocycles. The van der Waals surface area contributed by atoms with Gasteiger partial charge in [-0.05, 0) is 13.1 Å². The summed E-state index contributed by atoms with van der Waals surface area (Å²) in [6.45, 7) is 2.47. The van der Waals surface area contributed by atoms with Crippen molar-refractivity contribution in [2.24, 2.45) is 5.84 Å². The van der Waals surface area contributed by atoms with Gasteiger partial charge in [0.05, 0.1) is 18.8 Å². The fourth-order valence-corrected chi connectivity index (χ4v) is 2.10. The first kappa shape index (κ1) is 12.3. The van der Waals surface area contributed by atoms with Gasteiger partial charge in [0.25, 0.3) is 0 Å². The van der Waals surface area contributed by atoms with Gasteiger partial charge in [0.1, 0.15) is 5.82 Å². The summed E-state index contributed by atoms with van der Waals surface area (Å²) in [6.07, 6.45) is 1.66. The number of likely N-dealkylation sites (N-methyl/N-ethyl adjacent to an activating group) is 1. The predicted octanol–water partition coefficient (Wildman–Crippen LogP) is -0.501. The maximum atomic E-state index is 5.86. The smallest absolute Gasteiger partial charge is 0.128 e. The molecule has 1 aromatic heterocycles. The van der Waals surface area contributed by atoms with Gasteiger partial charge < -0.3 is 15.4 Å². The van der Waals surface area contributed by atoms with Crippen molar-refractivity contribution in [3.63, 3.8) is 0 Å². The number of nitrogen functional groups attached to an aromatic ring is 1. The fraction of sp³-hybridized carbons (Fsp3) is 0.545. The number of nitrogens with one attached hydrogen (secondary N) is 1. The van der Waals surface area contributed by atoms with Crippen LogP contribution in [0.2, 0.25) is 0 Å². The van der Waals surface area contributed by atoms with E-state index in [1.807, 2.05) is 12.1 Å². The third kappa shape index (κ3) is 2.73. The molecule has 0 radical (unpaired) electrons. The van der Waals surface area contributed by atoms with Gasteiger partial charge in [-0.25, -0.2) is 4.98 Å². The summed E-state index contributed by atoms with van der Waals surface area (Å²) in [7, 11) is 2.07. The highest BCUT2D eigenvalue weighted by Crippen LogP contribution is 2.24. The number of hydrazine groups is 1. The maximum Gasteiger partial charge on any atom is 0.128 e. The van der Waals surface area contributed by atoms with E-state index in [4.69, 9.17) is 16.3 Å². The van der Waals surface area contributed by atoms with Crippen LogP contribution in [0.1, 0.15) is 11.6 Å². The van der Waals surface area contributed by atoms with E-state index in [9.17, 15) is 0 Å². The highest BCUT2D eigenvalue weighted by molar-refractivity contribution is 5.41. The van der Waals surface area contributed by atoms with Gasteiger partial charge in [0, 0.05) is 24.8 Å². The Hall–Kier alpha value is -1.21. The normalized spacial score (nSPS) is 23.5. The number of pyridine rings is 1. The second kappa shape index (κ2) is 5.42. The Morgan fingerprint density at radius 2 is 2.47 bits per heavy atom. The number of nitrogens with two attached hydrogens (primary N) is 2. The van der Waals surface area contributed by atoms with Crippen LogP contribution in [-0.2, 0) is 4.74 Å². The molecule has 5 N–H and O–H groups in total. The third-order valence-electron chi connectivity index (χ3n) is 3.05. The highest BCUT2D eigenvalue weighted by atomic mass is 16.5. The fourth-order valence-electron chi connectivity index (χ4n) is 2.10. The molecule has 17 heavy (non-hydrogen) atoms. The molecule has 6 heteroatoms. The van der Waals surface area contributed by atoms with Crippen molar-refractivity contribution in [3.8, 4) is 0 Å². The zero-order valence-corrected chi connectivity index (χ0v) is 9.97. The molecule has 0 spiro atoms. The van der Waals surface area contributed by atoms with Crippen molar-refractivity contribution >= 4 is 5.82 Å². The van der Waals surface area contributed by atoms with Crippen LogP contribution >= 0.6 is 0 Å². The Bertz CT molecular complexity index is 373. The Balaban J connectivity index is 2.18.